The summed E-state index contributed by atoms with van der Waals surface area (Å²) >= 11 is 0. The Hall–Kier alpha value is -1.47. The molecule has 2 fully saturated rings. The first-order chi connectivity index (χ1) is 11.6. The Balaban J connectivity index is 1.85. The van der Waals surface area contributed by atoms with Gasteiger partial charge >= 0.3 is 7.12 Å². The lowest BCUT2D eigenvalue weighted by molar-refractivity contribution is 0.00578. The first kappa shape index (κ1) is 18.3. The van der Waals surface area contributed by atoms with Crippen LogP contribution in [0.5, 0.6) is 0 Å². The van der Waals surface area contributed by atoms with E-state index in [4.69, 9.17) is 9.31 Å². The Labute approximate surface area is 147 Å². The topological polar surface area (TPSA) is 38.8 Å². The summed E-state index contributed by atoms with van der Waals surface area (Å²) in [4.78, 5) is 14.1. The molecule has 2 saturated heterocycles. The molecule has 1 aromatic rings. The summed E-state index contributed by atoms with van der Waals surface area (Å²) in [5.74, 6) is -0.899. The van der Waals surface area contributed by atoms with Crippen molar-refractivity contribution in [2.24, 2.45) is 0 Å². The maximum atomic E-state index is 14.1. The number of carbonyl (C=O) groups is 1. The van der Waals surface area contributed by atoms with E-state index in [2.05, 4.69) is 0 Å². The average Bonchev–Trinajstić information content (AvgIpc) is 2.74. The summed E-state index contributed by atoms with van der Waals surface area (Å²) in [6.07, 6.45) is 0.0621. The smallest absolute Gasteiger partial charge is 0.399 e. The van der Waals surface area contributed by atoms with Gasteiger partial charge in [-0.1, -0.05) is 0 Å². The molecule has 1 aromatic carbocycles. The molecule has 136 valence electrons. The first-order valence-corrected chi connectivity index (χ1v) is 8.68. The van der Waals surface area contributed by atoms with Gasteiger partial charge in [0.2, 0.25) is 0 Å². The summed E-state index contributed by atoms with van der Waals surface area (Å²) in [6.45, 7) is 8.19. The highest BCUT2D eigenvalue weighted by atomic mass is 19.1. The number of rotatable bonds is 2. The van der Waals surface area contributed by atoms with Crippen LogP contribution in [0, 0.1) is 5.82 Å². The molecule has 2 heterocycles. The molecule has 0 aromatic heterocycles. The van der Waals surface area contributed by atoms with E-state index < -0.39 is 30.3 Å². The third-order valence-electron chi connectivity index (χ3n) is 5.34. The first-order valence-electron chi connectivity index (χ1n) is 8.68. The number of hydrogen-bond donors (Lipinski definition) is 0. The van der Waals surface area contributed by atoms with Gasteiger partial charge < -0.3 is 14.2 Å². The average molecular weight is 351 g/mol. The number of hydrogen-bond acceptors (Lipinski definition) is 3. The van der Waals surface area contributed by atoms with Gasteiger partial charge in [-0.25, -0.2) is 8.78 Å². The minimum absolute atomic E-state index is 0.0567. The maximum Gasteiger partial charge on any atom is 0.494 e. The number of carbonyl (C=O) groups excluding carboxylic acids is 1. The molecule has 0 bridgehead atoms. The van der Waals surface area contributed by atoms with Crippen LogP contribution >= 0.6 is 0 Å². The molecular weight excluding hydrogens is 327 g/mol. The van der Waals surface area contributed by atoms with Gasteiger partial charge in [0.15, 0.2) is 0 Å². The van der Waals surface area contributed by atoms with Crippen LogP contribution in [0.2, 0.25) is 0 Å². The molecule has 0 radical (unpaired) electrons. The minimum atomic E-state index is -1.02. The van der Waals surface area contributed by atoms with Crippen LogP contribution in [-0.2, 0) is 9.31 Å². The van der Waals surface area contributed by atoms with Crippen LogP contribution in [0.15, 0.2) is 18.2 Å². The lowest BCUT2D eigenvalue weighted by Crippen LogP contribution is -2.41. The van der Waals surface area contributed by atoms with Crippen LogP contribution in [-0.4, -0.2) is 48.4 Å². The van der Waals surface area contributed by atoms with Crippen molar-refractivity contribution < 1.29 is 22.9 Å². The van der Waals surface area contributed by atoms with E-state index in [-0.39, 0.29) is 18.0 Å². The number of alkyl halides is 1. The standard InChI is InChI=1S/C18H24BF2NO3/c1-17(2)18(3,4)25-19(24-17)13-8-12(9-15(21)10-13)16(23)22-7-5-6-14(20)11-22/h8-10,14H,5-7,11H2,1-4H3. The summed E-state index contributed by atoms with van der Waals surface area (Å²) in [5, 5.41) is 0. The van der Waals surface area contributed by atoms with Gasteiger partial charge in [0.05, 0.1) is 17.7 Å². The van der Waals surface area contributed by atoms with Crippen molar-refractivity contribution in [1.29, 1.82) is 0 Å². The van der Waals surface area contributed by atoms with Gasteiger partial charge in [0, 0.05) is 12.1 Å². The fraction of sp³-hybridized carbons (Fsp3) is 0.611. The molecular formula is C18H24BF2NO3. The molecule has 4 nitrogen and oxygen atoms in total. The number of amides is 1. The third-order valence-corrected chi connectivity index (χ3v) is 5.34. The van der Waals surface area contributed by atoms with Gasteiger partial charge in [-0.05, 0) is 64.2 Å². The predicted molar refractivity (Wildman–Crippen MR) is 92.1 cm³/mol. The van der Waals surface area contributed by atoms with E-state index >= 15 is 0 Å². The molecule has 1 unspecified atom stereocenters. The third kappa shape index (κ3) is 3.58. The predicted octanol–water partition coefficient (Wildman–Crippen LogP) is 2.70. The Morgan fingerprint density at radius 3 is 2.44 bits per heavy atom. The molecule has 2 aliphatic rings. The van der Waals surface area contributed by atoms with Crippen LogP contribution in [0.4, 0.5) is 8.78 Å². The Bertz CT molecular complexity index is 664. The van der Waals surface area contributed by atoms with E-state index in [9.17, 15) is 13.6 Å². The minimum Gasteiger partial charge on any atom is -0.399 e. The van der Waals surface area contributed by atoms with Gasteiger partial charge in [0.25, 0.3) is 5.91 Å². The van der Waals surface area contributed by atoms with E-state index in [0.717, 1.165) is 0 Å². The quantitative estimate of drug-likeness (QED) is 0.769. The molecule has 0 N–H and O–H groups in total. The van der Waals surface area contributed by atoms with Gasteiger partial charge in [-0.15, -0.1) is 0 Å². The number of piperidine rings is 1. The molecule has 0 spiro atoms. The zero-order valence-electron chi connectivity index (χ0n) is 15.1. The molecule has 25 heavy (non-hydrogen) atoms. The molecule has 1 amide bonds. The number of nitrogens with zero attached hydrogens (tertiary/aromatic N) is 1. The maximum absolute atomic E-state index is 14.1. The number of halogens is 2. The highest BCUT2D eigenvalue weighted by Gasteiger charge is 2.51. The van der Waals surface area contributed by atoms with Crippen LogP contribution in [0.1, 0.15) is 50.9 Å². The second-order valence-corrected chi connectivity index (χ2v) is 7.85. The monoisotopic (exact) mass is 351 g/mol. The van der Waals surface area contributed by atoms with E-state index in [1.54, 1.807) is 6.07 Å². The zero-order valence-corrected chi connectivity index (χ0v) is 15.1. The van der Waals surface area contributed by atoms with Crippen molar-refractivity contribution in [2.75, 3.05) is 13.1 Å². The summed E-state index contributed by atoms with van der Waals surface area (Å²) in [6, 6.07) is 4.07. The highest BCUT2D eigenvalue weighted by molar-refractivity contribution is 6.62. The molecule has 0 saturated carbocycles. The van der Waals surface area contributed by atoms with Crippen molar-refractivity contribution in [3.8, 4) is 0 Å². The second-order valence-electron chi connectivity index (χ2n) is 7.85. The Kier molecular flexibility index (Phi) is 4.66. The molecule has 1 atom stereocenters. The van der Waals surface area contributed by atoms with Crippen molar-refractivity contribution in [1.82, 2.24) is 4.90 Å². The fourth-order valence-corrected chi connectivity index (χ4v) is 3.14. The van der Waals surface area contributed by atoms with Gasteiger partial charge in [-0.2, -0.15) is 0 Å². The van der Waals surface area contributed by atoms with Crippen LogP contribution < -0.4 is 5.46 Å². The SMILES string of the molecule is CC1(C)OB(c2cc(F)cc(C(=O)N3CCCC(F)C3)c2)OC1(C)C. The highest BCUT2D eigenvalue weighted by Crippen LogP contribution is 2.36. The lowest BCUT2D eigenvalue weighted by Gasteiger charge is -2.32. The normalized spacial score (nSPS) is 25.3. The summed E-state index contributed by atoms with van der Waals surface area (Å²) in [7, 11) is -0.748. The van der Waals surface area contributed by atoms with Crippen LogP contribution in [0.3, 0.4) is 0 Å². The van der Waals surface area contributed by atoms with E-state index in [1.165, 1.54) is 17.0 Å². The van der Waals surface area contributed by atoms with E-state index in [0.29, 0.717) is 24.8 Å². The fourth-order valence-electron chi connectivity index (χ4n) is 3.14. The number of benzene rings is 1. The van der Waals surface area contributed by atoms with Crippen molar-refractivity contribution >= 4 is 18.5 Å². The van der Waals surface area contributed by atoms with E-state index in [1.807, 2.05) is 27.7 Å². The largest absolute Gasteiger partial charge is 0.494 e. The molecule has 7 heteroatoms. The lowest BCUT2D eigenvalue weighted by atomic mass is 9.78. The zero-order chi connectivity index (χ0) is 18.4. The summed E-state index contributed by atoms with van der Waals surface area (Å²) in [5.41, 5.74) is -0.458. The van der Waals surface area contributed by atoms with Crippen molar-refractivity contribution in [3.05, 3.63) is 29.6 Å². The number of likely N-dealkylation sites (tertiary alicyclic amines) is 1. The van der Waals surface area contributed by atoms with Gasteiger partial charge in [-0.3, -0.25) is 4.79 Å². The van der Waals surface area contributed by atoms with Crippen molar-refractivity contribution in [3.63, 3.8) is 0 Å². The Morgan fingerprint density at radius 2 is 1.84 bits per heavy atom. The van der Waals surface area contributed by atoms with Gasteiger partial charge in [0.1, 0.15) is 12.0 Å². The second kappa shape index (κ2) is 6.36. The molecule has 0 aliphatic carbocycles. The molecule has 2 aliphatic heterocycles. The van der Waals surface area contributed by atoms with Crippen molar-refractivity contribution in [2.45, 2.75) is 57.9 Å². The van der Waals surface area contributed by atoms with Crippen LogP contribution in [0.25, 0.3) is 0 Å². The summed E-state index contributed by atoms with van der Waals surface area (Å²) < 4.78 is 39.5. The molecule has 3 rings (SSSR count). The Morgan fingerprint density at radius 1 is 1.20 bits per heavy atom.